The second kappa shape index (κ2) is 7.89. The Kier molecular flexibility index (Phi) is 5.42. The summed E-state index contributed by atoms with van der Waals surface area (Å²) in [5.41, 5.74) is 5.06. The molecule has 0 aromatic carbocycles. The Bertz CT molecular complexity index is 836. The summed E-state index contributed by atoms with van der Waals surface area (Å²) < 4.78 is 53.2. The van der Waals surface area contributed by atoms with Gasteiger partial charge in [-0.05, 0) is 6.08 Å². The summed E-state index contributed by atoms with van der Waals surface area (Å²) in [5, 5.41) is 11.1. The Labute approximate surface area is 169 Å². The van der Waals surface area contributed by atoms with Crippen molar-refractivity contribution in [3.8, 4) is 0 Å². The molecule has 4 heterocycles. The summed E-state index contributed by atoms with van der Waals surface area (Å²) in [6, 6.07) is -2.16. The van der Waals surface area contributed by atoms with E-state index in [1.165, 1.54) is 18.3 Å². The average molecular weight is 430 g/mol. The van der Waals surface area contributed by atoms with E-state index >= 15 is 0 Å². The molecule has 5 N–H and O–H groups in total. The molecule has 0 bridgehead atoms. The zero-order valence-corrected chi connectivity index (χ0v) is 16.1. The number of piperidine rings is 1. The van der Waals surface area contributed by atoms with Crippen LogP contribution in [0.4, 0.5) is 17.6 Å². The summed E-state index contributed by atoms with van der Waals surface area (Å²) in [4.78, 5) is 17.1. The van der Waals surface area contributed by atoms with E-state index in [-0.39, 0.29) is 29.7 Å². The SMILES string of the molecule is CN1C=C(NC(=O)C2=C3N=C(NC4CNCC(F)C4)C=CN3NC2)C(C(F)(F)F)N1. The summed E-state index contributed by atoms with van der Waals surface area (Å²) in [6.07, 6.45) is -0.674. The molecule has 0 saturated carbocycles. The molecule has 0 radical (unpaired) electrons. The third kappa shape index (κ3) is 4.27. The van der Waals surface area contributed by atoms with Crippen LogP contribution in [0.5, 0.6) is 0 Å². The van der Waals surface area contributed by atoms with Crippen molar-refractivity contribution in [2.45, 2.75) is 30.9 Å². The number of amidine groups is 1. The molecule has 9 nitrogen and oxygen atoms in total. The highest BCUT2D eigenvalue weighted by molar-refractivity contribution is 5.99. The maximum atomic E-state index is 13.6. The van der Waals surface area contributed by atoms with E-state index < -0.39 is 24.3 Å². The van der Waals surface area contributed by atoms with Gasteiger partial charge in [-0.1, -0.05) is 0 Å². The van der Waals surface area contributed by atoms with Gasteiger partial charge in [-0.2, -0.15) is 13.2 Å². The van der Waals surface area contributed by atoms with Gasteiger partial charge in [0.1, 0.15) is 12.0 Å². The zero-order valence-electron chi connectivity index (χ0n) is 16.1. The first-order chi connectivity index (χ1) is 14.2. The fourth-order valence-electron chi connectivity index (χ4n) is 3.63. The number of hydrogen-bond acceptors (Lipinski definition) is 8. The minimum Gasteiger partial charge on any atom is -0.366 e. The molecule has 3 atom stereocenters. The van der Waals surface area contributed by atoms with Crippen molar-refractivity contribution >= 4 is 11.7 Å². The molecule has 13 heteroatoms. The van der Waals surface area contributed by atoms with Crippen molar-refractivity contribution in [2.75, 3.05) is 26.7 Å². The maximum absolute atomic E-state index is 13.6. The minimum atomic E-state index is -4.56. The number of halogens is 4. The zero-order chi connectivity index (χ0) is 21.5. The van der Waals surface area contributed by atoms with Crippen molar-refractivity contribution in [1.29, 1.82) is 0 Å². The molecule has 4 aliphatic rings. The lowest BCUT2D eigenvalue weighted by molar-refractivity contribution is -0.152. The smallest absolute Gasteiger partial charge is 0.366 e. The van der Waals surface area contributed by atoms with Crippen molar-refractivity contribution in [1.82, 2.24) is 36.8 Å². The van der Waals surface area contributed by atoms with Crippen LogP contribution < -0.4 is 26.8 Å². The Hall–Kier alpha value is -2.64. The molecule has 4 rings (SSSR count). The van der Waals surface area contributed by atoms with Crippen LogP contribution in [0.3, 0.4) is 0 Å². The highest BCUT2D eigenvalue weighted by atomic mass is 19.4. The number of nitrogens with zero attached hydrogens (tertiary/aromatic N) is 3. The van der Waals surface area contributed by atoms with Crippen molar-refractivity contribution in [3.63, 3.8) is 0 Å². The van der Waals surface area contributed by atoms with Crippen molar-refractivity contribution < 1.29 is 22.4 Å². The maximum Gasteiger partial charge on any atom is 0.411 e. The summed E-state index contributed by atoms with van der Waals surface area (Å²) in [5.74, 6) is 0.0477. The number of nitrogens with one attached hydrogen (secondary N) is 5. The molecule has 30 heavy (non-hydrogen) atoms. The van der Waals surface area contributed by atoms with Gasteiger partial charge < -0.3 is 21.0 Å². The first-order valence-corrected chi connectivity index (χ1v) is 9.43. The molecule has 0 aromatic heterocycles. The topological polar surface area (TPSA) is 96.1 Å². The van der Waals surface area contributed by atoms with Crippen LogP contribution in [0.1, 0.15) is 6.42 Å². The van der Waals surface area contributed by atoms with E-state index in [0.29, 0.717) is 25.3 Å². The van der Waals surface area contributed by atoms with Gasteiger partial charge in [0.25, 0.3) is 5.91 Å². The second-order valence-corrected chi connectivity index (χ2v) is 7.41. The first kappa shape index (κ1) is 20.6. The average Bonchev–Trinajstić information content (AvgIpc) is 3.24. The first-order valence-electron chi connectivity index (χ1n) is 9.43. The second-order valence-electron chi connectivity index (χ2n) is 7.41. The van der Waals surface area contributed by atoms with Gasteiger partial charge in [0.15, 0.2) is 11.9 Å². The molecule has 3 unspecified atom stereocenters. The number of hydrazine groups is 2. The van der Waals surface area contributed by atoms with Crippen LogP contribution in [0, 0.1) is 0 Å². The number of carbonyl (C=O) groups excluding carboxylic acids is 1. The minimum absolute atomic E-state index is 0.104. The predicted octanol–water partition coefficient (Wildman–Crippen LogP) is -0.428. The number of carbonyl (C=O) groups is 1. The molecule has 1 amide bonds. The molecule has 164 valence electrons. The van der Waals surface area contributed by atoms with Crippen LogP contribution >= 0.6 is 0 Å². The third-order valence-corrected chi connectivity index (χ3v) is 5.02. The molecule has 1 saturated heterocycles. The van der Waals surface area contributed by atoms with Crippen molar-refractivity contribution in [2.24, 2.45) is 4.99 Å². The standard InChI is InChI=1S/C17H22F4N8O/c1-28-8-12(14(27-28)17(19,20)21)25-16(30)11-7-23-29-3-2-13(26-15(11)29)24-10-4-9(18)5-22-6-10/h2-3,8-10,14,22-23,27H,4-7H2,1H3,(H,24,26)(H,25,30). The third-order valence-electron chi connectivity index (χ3n) is 5.02. The highest BCUT2D eigenvalue weighted by Gasteiger charge is 2.46. The molecular formula is C17H22F4N8O. The number of alkyl halides is 4. The molecule has 4 aliphatic heterocycles. The number of amides is 1. The molecule has 0 aliphatic carbocycles. The van der Waals surface area contributed by atoms with Gasteiger partial charge in [0.2, 0.25) is 0 Å². The molecule has 1 fully saturated rings. The number of hydrogen-bond donors (Lipinski definition) is 5. The van der Waals surface area contributed by atoms with E-state index in [4.69, 9.17) is 0 Å². The van der Waals surface area contributed by atoms with Gasteiger partial charge in [-0.25, -0.2) is 20.2 Å². The lowest BCUT2D eigenvalue weighted by Gasteiger charge is -2.28. The molecule has 0 aromatic rings. The quantitative estimate of drug-likeness (QED) is 0.388. The van der Waals surface area contributed by atoms with E-state index in [1.807, 2.05) is 0 Å². The Morgan fingerprint density at radius 3 is 2.87 bits per heavy atom. The highest BCUT2D eigenvalue weighted by Crippen LogP contribution is 2.28. The largest absolute Gasteiger partial charge is 0.411 e. The Morgan fingerprint density at radius 2 is 2.13 bits per heavy atom. The van der Waals surface area contributed by atoms with E-state index in [9.17, 15) is 22.4 Å². The van der Waals surface area contributed by atoms with Crippen LogP contribution in [0.15, 0.2) is 40.6 Å². The van der Waals surface area contributed by atoms with E-state index in [2.05, 4.69) is 31.8 Å². The monoisotopic (exact) mass is 430 g/mol. The fourth-order valence-corrected chi connectivity index (χ4v) is 3.63. The van der Waals surface area contributed by atoms with Gasteiger partial charge in [-0.15, -0.1) is 0 Å². The summed E-state index contributed by atoms with van der Waals surface area (Å²) in [7, 11) is 1.41. The Balaban J connectivity index is 1.49. The van der Waals surface area contributed by atoms with Crippen LogP contribution in [0.25, 0.3) is 0 Å². The normalized spacial score (nSPS) is 29.0. The molecular weight excluding hydrogens is 408 g/mol. The van der Waals surface area contributed by atoms with Crippen LogP contribution in [0.2, 0.25) is 0 Å². The van der Waals surface area contributed by atoms with Gasteiger partial charge >= 0.3 is 6.18 Å². The number of fused-ring (bicyclic) bond motifs is 1. The van der Waals surface area contributed by atoms with E-state index in [0.717, 1.165) is 5.01 Å². The predicted molar refractivity (Wildman–Crippen MR) is 99.7 cm³/mol. The Morgan fingerprint density at radius 1 is 1.33 bits per heavy atom. The summed E-state index contributed by atoms with van der Waals surface area (Å²) in [6.45, 7) is 0.995. The lowest BCUT2D eigenvalue weighted by atomic mass is 10.1. The number of aliphatic imine (C=N–C) groups is 1. The van der Waals surface area contributed by atoms with Gasteiger partial charge in [0, 0.05) is 51.5 Å². The fraction of sp³-hybridized carbons (Fsp3) is 0.529. The van der Waals surface area contributed by atoms with Crippen LogP contribution in [-0.2, 0) is 4.79 Å². The number of rotatable bonds is 3. The summed E-state index contributed by atoms with van der Waals surface area (Å²) >= 11 is 0. The van der Waals surface area contributed by atoms with E-state index in [1.54, 1.807) is 12.3 Å². The van der Waals surface area contributed by atoms with Gasteiger partial charge in [-0.3, -0.25) is 9.80 Å². The lowest BCUT2D eigenvalue weighted by Crippen LogP contribution is -2.49. The van der Waals surface area contributed by atoms with Crippen LogP contribution in [-0.4, -0.2) is 72.9 Å². The molecule has 0 spiro atoms. The van der Waals surface area contributed by atoms with Gasteiger partial charge in [0.05, 0.1) is 11.3 Å². The van der Waals surface area contributed by atoms with Crippen molar-refractivity contribution in [3.05, 3.63) is 35.6 Å².